The summed E-state index contributed by atoms with van der Waals surface area (Å²) < 4.78 is 7.05. The Balaban J connectivity index is 1.27. The molecule has 0 aliphatic carbocycles. The number of ether oxygens (including phenoxy) is 1. The molecule has 1 fully saturated rings. The molecule has 0 bridgehead atoms. The number of hydrogen-bond acceptors (Lipinski definition) is 4. The summed E-state index contributed by atoms with van der Waals surface area (Å²) in [6.45, 7) is 1.73. The average molecular weight is 467 g/mol. The van der Waals surface area contributed by atoms with Gasteiger partial charge in [0.25, 0.3) is 5.91 Å². The molecule has 0 spiro atoms. The molecule has 1 aliphatic heterocycles. The third-order valence-electron chi connectivity index (χ3n) is 5.90. The van der Waals surface area contributed by atoms with E-state index in [9.17, 15) is 9.59 Å². The van der Waals surface area contributed by atoms with Crippen LogP contribution < -0.4 is 10.1 Å². The Morgan fingerprint density at radius 3 is 2.52 bits per heavy atom. The summed E-state index contributed by atoms with van der Waals surface area (Å²) in [6, 6.07) is 15.2. The number of nitrogens with one attached hydrogen (secondary N) is 1. The van der Waals surface area contributed by atoms with Gasteiger partial charge in [0.05, 0.1) is 31.8 Å². The first kappa shape index (κ1) is 22.9. The fourth-order valence-electron chi connectivity index (χ4n) is 4.03. The van der Waals surface area contributed by atoms with Crippen molar-refractivity contribution in [2.75, 3.05) is 20.2 Å². The Bertz CT molecular complexity index is 1120. The van der Waals surface area contributed by atoms with Gasteiger partial charge in [-0.3, -0.25) is 14.3 Å². The van der Waals surface area contributed by atoms with E-state index in [0.717, 1.165) is 29.7 Å². The molecule has 0 unspecified atom stereocenters. The summed E-state index contributed by atoms with van der Waals surface area (Å²) in [5, 5.41) is 8.04. The van der Waals surface area contributed by atoms with Crippen LogP contribution in [0.3, 0.4) is 0 Å². The zero-order chi connectivity index (χ0) is 23.2. The van der Waals surface area contributed by atoms with Crippen molar-refractivity contribution >= 4 is 23.4 Å². The molecule has 3 aromatic rings. The smallest absolute Gasteiger partial charge is 0.254 e. The van der Waals surface area contributed by atoms with E-state index in [2.05, 4.69) is 10.4 Å². The van der Waals surface area contributed by atoms with Crippen molar-refractivity contribution in [3.05, 3.63) is 82.6 Å². The van der Waals surface area contributed by atoms with E-state index in [1.54, 1.807) is 24.2 Å². The number of amides is 2. The first-order valence-corrected chi connectivity index (χ1v) is 11.4. The van der Waals surface area contributed by atoms with Crippen molar-refractivity contribution in [2.24, 2.45) is 0 Å². The van der Waals surface area contributed by atoms with Crippen LogP contribution in [0.4, 0.5) is 0 Å². The van der Waals surface area contributed by atoms with E-state index in [-0.39, 0.29) is 17.9 Å². The van der Waals surface area contributed by atoms with Crippen molar-refractivity contribution in [3.63, 3.8) is 0 Å². The minimum atomic E-state index is -0.154. The van der Waals surface area contributed by atoms with E-state index in [1.807, 2.05) is 53.4 Å². The zero-order valence-electron chi connectivity index (χ0n) is 18.5. The van der Waals surface area contributed by atoms with Gasteiger partial charge in [-0.05, 0) is 30.5 Å². The number of piperidine rings is 1. The highest BCUT2D eigenvalue weighted by Crippen LogP contribution is 2.20. The summed E-state index contributed by atoms with van der Waals surface area (Å²) in [4.78, 5) is 27.3. The maximum Gasteiger partial charge on any atom is 0.254 e. The van der Waals surface area contributed by atoms with Gasteiger partial charge in [-0.2, -0.15) is 5.10 Å². The molecule has 0 atom stereocenters. The molecule has 4 rings (SSSR count). The second kappa shape index (κ2) is 10.5. The van der Waals surface area contributed by atoms with Gasteiger partial charge in [0.1, 0.15) is 5.75 Å². The largest absolute Gasteiger partial charge is 0.496 e. The second-order valence-electron chi connectivity index (χ2n) is 8.14. The van der Waals surface area contributed by atoms with Crippen molar-refractivity contribution < 1.29 is 14.3 Å². The van der Waals surface area contributed by atoms with Gasteiger partial charge >= 0.3 is 0 Å². The number of carbonyl (C=O) groups excluding carboxylic acids is 2. The molecule has 0 saturated carbocycles. The summed E-state index contributed by atoms with van der Waals surface area (Å²) >= 11 is 6.21. The molecular formula is C25H27ClN4O3. The quantitative estimate of drug-likeness (QED) is 0.577. The van der Waals surface area contributed by atoms with Crippen molar-refractivity contribution in [1.82, 2.24) is 20.0 Å². The van der Waals surface area contributed by atoms with Crippen LogP contribution in [0.1, 0.15) is 34.3 Å². The van der Waals surface area contributed by atoms with Gasteiger partial charge in [-0.25, -0.2) is 0 Å². The molecule has 2 aromatic carbocycles. The lowest BCUT2D eigenvalue weighted by Crippen LogP contribution is -2.46. The standard InChI is InChI=1S/C25H27ClN4O3/c1-33-23-9-5-3-6-18(23)14-24(31)29-12-10-21(11-13-29)28-25(32)20-15-27-30(17-20)16-19-7-2-4-8-22(19)26/h2-9,15,17,21H,10-14,16H2,1H3,(H,28,32). The topological polar surface area (TPSA) is 76.5 Å². The van der Waals surface area contributed by atoms with Gasteiger partial charge in [-0.15, -0.1) is 0 Å². The summed E-state index contributed by atoms with van der Waals surface area (Å²) in [5.41, 5.74) is 2.34. The van der Waals surface area contributed by atoms with Crippen molar-refractivity contribution in [1.29, 1.82) is 0 Å². The molecule has 1 aliphatic rings. The average Bonchev–Trinajstić information content (AvgIpc) is 3.30. The van der Waals surface area contributed by atoms with E-state index >= 15 is 0 Å². The number of benzene rings is 2. The molecule has 1 N–H and O–H groups in total. The van der Waals surface area contributed by atoms with Crippen LogP contribution in [-0.2, 0) is 17.8 Å². The van der Waals surface area contributed by atoms with Crippen LogP contribution in [0.2, 0.25) is 5.02 Å². The lowest BCUT2D eigenvalue weighted by Gasteiger charge is -2.32. The molecule has 2 amide bonds. The van der Waals surface area contributed by atoms with Gasteiger partial charge in [-0.1, -0.05) is 48.0 Å². The van der Waals surface area contributed by atoms with E-state index in [1.165, 1.54) is 0 Å². The lowest BCUT2D eigenvalue weighted by atomic mass is 10.0. The van der Waals surface area contributed by atoms with Gasteiger partial charge in [0, 0.05) is 35.9 Å². The van der Waals surface area contributed by atoms with Crippen LogP contribution in [0.15, 0.2) is 60.9 Å². The fourth-order valence-corrected chi connectivity index (χ4v) is 4.23. The van der Waals surface area contributed by atoms with E-state index < -0.39 is 0 Å². The molecule has 2 heterocycles. The van der Waals surface area contributed by atoms with Crippen LogP contribution >= 0.6 is 11.6 Å². The van der Waals surface area contributed by atoms with E-state index in [4.69, 9.17) is 16.3 Å². The highest BCUT2D eigenvalue weighted by molar-refractivity contribution is 6.31. The Morgan fingerprint density at radius 1 is 1.09 bits per heavy atom. The minimum absolute atomic E-state index is 0.0275. The number of likely N-dealkylation sites (tertiary alicyclic amines) is 1. The maximum atomic E-state index is 12.7. The molecule has 0 radical (unpaired) electrons. The summed E-state index contributed by atoms with van der Waals surface area (Å²) in [7, 11) is 1.61. The minimum Gasteiger partial charge on any atom is -0.496 e. The number of hydrogen-bond donors (Lipinski definition) is 1. The molecule has 1 saturated heterocycles. The first-order valence-electron chi connectivity index (χ1n) is 11.0. The zero-order valence-corrected chi connectivity index (χ0v) is 19.3. The van der Waals surface area contributed by atoms with Crippen molar-refractivity contribution in [3.8, 4) is 5.75 Å². The molecule has 7 nitrogen and oxygen atoms in total. The predicted octanol–water partition coefficient (Wildman–Crippen LogP) is 3.56. The number of aromatic nitrogens is 2. The van der Waals surface area contributed by atoms with Crippen LogP contribution in [0, 0.1) is 0 Å². The summed E-state index contributed by atoms with van der Waals surface area (Å²) in [6.07, 6.45) is 5.04. The predicted molar refractivity (Wildman–Crippen MR) is 127 cm³/mol. The fraction of sp³-hybridized carbons (Fsp3) is 0.320. The lowest BCUT2D eigenvalue weighted by molar-refractivity contribution is -0.131. The second-order valence-corrected chi connectivity index (χ2v) is 8.54. The Morgan fingerprint density at radius 2 is 1.79 bits per heavy atom. The first-order chi connectivity index (χ1) is 16.0. The molecule has 8 heteroatoms. The van der Waals surface area contributed by atoms with Gasteiger partial charge in [0.15, 0.2) is 0 Å². The molecule has 33 heavy (non-hydrogen) atoms. The number of carbonyl (C=O) groups is 2. The highest BCUT2D eigenvalue weighted by Gasteiger charge is 2.25. The third-order valence-corrected chi connectivity index (χ3v) is 6.27. The number of rotatable bonds is 7. The van der Waals surface area contributed by atoms with Crippen LogP contribution in [-0.4, -0.2) is 52.7 Å². The highest BCUT2D eigenvalue weighted by atomic mass is 35.5. The monoisotopic (exact) mass is 466 g/mol. The molecular weight excluding hydrogens is 440 g/mol. The maximum absolute atomic E-state index is 12.7. The Kier molecular flexibility index (Phi) is 7.29. The molecule has 172 valence electrons. The summed E-state index contributed by atoms with van der Waals surface area (Å²) in [5.74, 6) is 0.646. The number of para-hydroxylation sites is 1. The van der Waals surface area contributed by atoms with E-state index in [0.29, 0.717) is 36.6 Å². The third kappa shape index (κ3) is 5.73. The number of halogens is 1. The number of methoxy groups -OCH3 is 1. The van der Waals surface area contributed by atoms with Gasteiger partial charge < -0.3 is 15.0 Å². The SMILES string of the molecule is COc1ccccc1CC(=O)N1CCC(NC(=O)c2cnn(Cc3ccccc3Cl)c2)CC1. The number of nitrogens with zero attached hydrogens (tertiary/aromatic N) is 3. The Hall–Kier alpha value is -3.32. The van der Waals surface area contributed by atoms with Crippen molar-refractivity contribution in [2.45, 2.75) is 31.8 Å². The van der Waals surface area contributed by atoms with Gasteiger partial charge in [0.2, 0.25) is 5.91 Å². The molecule has 1 aromatic heterocycles. The van der Waals surface area contributed by atoms with Crippen LogP contribution in [0.5, 0.6) is 5.75 Å². The van der Waals surface area contributed by atoms with Crippen LogP contribution in [0.25, 0.3) is 0 Å². The normalized spacial score (nSPS) is 14.2. The Labute approximate surface area is 198 Å².